The first-order valence-electron chi connectivity index (χ1n) is 9.03. The van der Waals surface area contributed by atoms with Gasteiger partial charge in [0.25, 0.3) is 5.97 Å². The summed E-state index contributed by atoms with van der Waals surface area (Å²) < 4.78 is 0. The van der Waals surface area contributed by atoms with Crippen LogP contribution < -0.4 is 0 Å². The van der Waals surface area contributed by atoms with Gasteiger partial charge in [0.05, 0.1) is 19.8 Å². The van der Waals surface area contributed by atoms with Crippen molar-refractivity contribution in [3.8, 4) is 0 Å². The summed E-state index contributed by atoms with van der Waals surface area (Å²) in [5.74, 6) is -4.14. The van der Waals surface area contributed by atoms with Crippen molar-refractivity contribution in [1.29, 1.82) is 0 Å². The largest absolute Gasteiger partial charge is 0.365 e. The Labute approximate surface area is 182 Å². The van der Waals surface area contributed by atoms with Crippen molar-refractivity contribution in [3.63, 3.8) is 0 Å². The van der Waals surface area contributed by atoms with Gasteiger partial charge < -0.3 is 15.3 Å². The van der Waals surface area contributed by atoms with Gasteiger partial charge in [0.15, 0.2) is 0 Å². The van der Waals surface area contributed by atoms with Crippen LogP contribution in [0.4, 0.5) is 0 Å². The zero-order valence-corrected chi connectivity index (χ0v) is 18.4. The third-order valence-corrected chi connectivity index (χ3v) is 1.86. The summed E-state index contributed by atoms with van der Waals surface area (Å²) in [6.07, 6.45) is 3.68. The molecule has 0 saturated heterocycles. The van der Waals surface area contributed by atoms with Crippen molar-refractivity contribution in [2.24, 2.45) is 0 Å². The van der Waals surface area contributed by atoms with Crippen molar-refractivity contribution >= 4 is 17.9 Å². The van der Waals surface area contributed by atoms with E-state index in [4.69, 9.17) is 15.3 Å². The number of hydrogen-bond donors (Lipinski definition) is 3. The van der Waals surface area contributed by atoms with Crippen LogP contribution in [-0.4, -0.2) is 59.0 Å². The van der Waals surface area contributed by atoms with E-state index in [1.165, 1.54) is 0 Å². The van der Waals surface area contributed by atoms with E-state index in [1.54, 1.807) is 27.7 Å². The molecule has 0 aliphatic heterocycles. The Hall–Kier alpha value is -2.61. The van der Waals surface area contributed by atoms with E-state index in [2.05, 4.69) is 49.1 Å². The zero-order chi connectivity index (χ0) is 25.1. The summed E-state index contributed by atoms with van der Waals surface area (Å²) in [4.78, 5) is 55.4. The summed E-state index contributed by atoms with van der Waals surface area (Å²) in [7, 11) is 0. The van der Waals surface area contributed by atoms with Crippen LogP contribution in [0, 0.1) is 0 Å². The first-order chi connectivity index (χ1) is 14.5. The van der Waals surface area contributed by atoms with E-state index < -0.39 is 23.9 Å². The lowest BCUT2D eigenvalue weighted by Crippen LogP contribution is -2.26. The Morgan fingerprint density at radius 2 is 0.935 bits per heavy atom. The van der Waals surface area contributed by atoms with Crippen molar-refractivity contribution in [1.82, 2.24) is 0 Å². The predicted octanol–water partition coefficient (Wildman–Crippen LogP) is 1.42. The number of hydrogen-bond acceptors (Lipinski definition) is 12. The molecule has 0 radical (unpaired) electrons. The van der Waals surface area contributed by atoms with Crippen LogP contribution in [0.3, 0.4) is 0 Å². The molecule has 0 spiro atoms. The number of aliphatic hydroxyl groups is 3. The Balaban J connectivity index is -0.000000157. The molecule has 0 unspecified atom stereocenters. The number of carbonyl (C=O) groups excluding carboxylic acids is 3. The summed E-state index contributed by atoms with van der Waals surface area (Å²) in [6, 6.07) is 0. The fraction of sp³-hybridized carbons (Fsp3) is 0.526. The van der Waals surface area contributed by atoms with Crippen molar-refractivity contribution in [3.05, 3.63) is 38.0 Å². The molecule has 0 fully saturated rings. The van der Waals surface area contributed by atoms with Crippen LogP contribution in [-0.2, 0) is 43.7 Å². The molecule has 0 saturated carbocycles. The Bertz CT molecular complexity index is 426. The minimum atomic E-state index is -2.45. The van der Waals surface area contributed by atoms with Crippen LogP contribution in [0.5, 0.6) is 0 Å². The van der Waals surface area contributed by atoms with E-state index in [1.807, 2.05) is 0 Å². The molecule has 0 aliphatic rings. The normalized spacial score (nSPS) is 9.00. The van der Waals surface area contributed by atoms with Crippen LogP contribution >= 0.6 is 0 Å². The highest BCUT2D eigenvalue weighted by molar-refractivity contribution is 5.81. The summed E-state index contributed by atoms with van der Waals surface area (Å²) in [5, 5.41) is 24.4. The van der Waals surface area contributed by atoms with E-state index >= 15 is 0 Å². The number of rotatable bonds is 11. The zero-order valence-electron chi connectivity index (χ0n) is 18.4. The third kappa shape index (κ3) is 47.0. The molecule has 12 heteroatoms. The SMILES string of the molecule is C=CC(=O)OOCC.C=CC(=O)OOCC.C=CC(=O)OOCC.CCCC(O)(O)O. The number of carbonyl (C=O) groups is 3. The minimum Gasteiger partial charge on any atom is -0.344 e. The van der Waals surface area contributed by atoms with Crippen LogP contribution in [0.15, 0.2) is 38.0 Å². The van der Waals surface area contributed by atoms with Crippen LogP contribution in [0.1, 0.15) is 40.5 Å². The lowest BCUT2D eigenvalue weighted by atomic mass is 10.3. The van der Waals surface area contributed by atoms with Gasteiger partial charge in [-0.25, -0.2) is 14.4 Å². The maximum absolute atomic E-state index is 10.1. The molecule has 0 aromatic heterocycles. The molecule has 0 bridgehead atoms. The summed E-state index contributed by atoms with van der Waals surface area (Å²) >= 11 is 0. The predicted molar refractivity (Wildman–Crippen MR) is 108 cm³/mol. The molecule has 31 heavy (non-hydrogen) atoms. The molecule has 3 N–H and O–H groups in total. The van der Waals surface area contributed by atoms with Gasteiger partial charge in [0, 0.05) is 24.6 Å². The van der Waals surface area contributed by atoms with Crippen LogP contribution in [0.25, 0.3) is 0 Å². The highest BCUT2D eigenvalue weighted by atomic mass is 17.2. The van der Waals surface area contributed by atoms with E-state index in [0.29, 0.717) is 26.2 Å². The first-order valence-corrected chi connectivity index (χ1v) is 9.03. The van der Waals surface area contributed by atoms with E-state index in [-0.39, 0.29) is 6.42 Å². The maximum Gasteiger partial charge on any atom is 0.365 e. The Morgan fingerprint density at radius 3 is 1.03 bits per heavy atom. The van der Waals surface area contributed by atoms with Gasteiger partial charge in [0.1, 0.15) is 0 Å². The molecular formula is C19H34O12. The fourth-order valence-corrected chi connectivity index (χ4v) is 0.788. The quantitative estimate of drug-likeness (QED) is 0.178. The second-order valence-electron chi connectivity index (χ2n) is 4.56. The van der Waals surface area contributed by atoms with E-state index in [9.17, 15) is 14.4 Å². The summed E-state index contributed by atoms with van der Waals surface area (Å²) in [5.41, 5.74) is 0. The average Bonchev–Trinajstić information content (AvgIpc) is 2.74. The molecule has 0 rings (SSSR count). The standard InChI is InChI=1S/3C5H8O3.C4H10O3/c3*1-3-5(6)8-7-4-2;1-2-3-4(5,6)7/h3*3H,1,4H2,2H3;5-7H,2-3H2,1H3. The van der Waals surface area contributed by atoms with Gasteiger partial charge in [-0.1, -0.05) is 26.7 Å². The fourth-order valence-electron chi connectivity index (χ4n) is 0.788. The second-order valence-corrected chi connectivity index (χ2v) is 4.56. The molecule has 0 aromatic rings. The molecule has 0 aliphatic carbocycles. The van der Waals surface area contributed by atoms with Gasteiger partial charge >= 0.3 is 17.9 Å². The lowest BCUT2D eigenvalue weighted by Gasteiger charge is -2.10. The molecule has 0 aromatic carbocycles. The first kappa shape index (κ1) is 35.8. The highest BCUT2D eigenvalue weighted by Gasteiger charge is 2.14. The topological polar surface area (TPSA) is 167 Å². The smallest absolute Gasteiger partial charge is 0.344 e. The maximum atomic E-state index is 10.1. The van der Waals surface area contributed by atoms with Crippen molar-refractivity contribution < 1.29 is 59.0 Å². The molecule has 0 amide bonds. The lowest BCUT2D eigenvalue weighted by molar-refractivity contribution is -0.314. The highest BCUT2D eigenvalue weighted by Crippen LogP contribution is 2.01. The molecule has 12 nitrogen and oxygen atoms in total. The molecule has 0 heterocycles. The molecular weight excluding hydrogens is 420 g/mol. The monoisotopic (exact) mass is 454 g/mol. The van der Waals surface area contributed by atoms with Gasteiger partial charge in [-0.2, -0.15) is 14.7 Å². The third-order valence-electron chi connectivity index (χ3n) is 1.86. The Morgan fingerprint density at radius 1 is 0.677 bits per heavy atom. The van der Waals surface area contributed by atoms with Crippen molar-refractivity contribution in [2.45, 2.75) is 46.5 Å². The van der Waals surface area contributed by atoms with Gasteiger partial charge in [-0.3, -0.25) is 14.7 Å². The van der Waals surface area contributed by atoms with Crippen molar-refractivity contribution in [2.75, 3.05) is 19.8 Å². The van der Waals surface area contributed by atoms with Gasteiger partial charge in [0.2, 0.25) is 0 Å². The van der Waals surface area contributed by atoms with E-state index in [0.717, 1.165) is 18.2 Å². The minimum absolute atomic E-state index is 0.00694. The van der Waals surface area contributed by atoms with Gasteiger partial charge in [-0.05, 0) is 27.2 Å². The molecule has 0 atom stereocenters. The van der Waals surface area contributed by atoms with Gasteiger partial charge in [-0.15, -0.1) is 0 Å². The average molecular weight is 454 g/mol. The molecule has 182 valence electrons. The second kappa shape index (κ2) is 27.4. The van der Waals surface area contributed by atoms with Crippen LogP contribution in [0.2, 0.25) is 0 Å². The summed E-state index contributed by atoms with van der Waals surface area (Å²) in [6.45, 7) is 17.5. The Kier molecular flexibility index (Phi) is 31.6.